The summed E-state index contributed by atoms with van der Waals surface area (Å²) in [6.07, 6.45) is 8.49. The predicted molar refractivity (Wildman–Crippen MR) is 61.4 cm³/mol. The Kier molecular flexibility index (Phi) is 8.90. The van der Waals surface area contributed by atoms with E-state index in [1.807, 2.05) is 13.8 Å². The van der Waals surface area contributed by atoms with Gasteiger partial charge in [0.25, 0.3) is 0 Å². The quantitative estimate of drug-likeness (QED) is 0.377. The number of hydrogen-bond acceptors (Lipinski definition) is 3. The van der Waals surface area contributed by atoms with E-state index < -0.39 is 0 Å². The van der Waals surface area contributed by atoms with Crippen molar-refractivity contribution in [2.45, 2.75) is 45.6 Å². The van der Waals surface area contributed by atoms with Gasteiger partial charge >= 0.3 is 5.97 Å². The molecule has 0 spiro atoms. The lowest BCUT2D eigenvalue weighted by Gasteiger charge is -2.12. The minimum absolute atomic E-state index is 0.138. The van der Waals surface area contributed by atoms with Crippen molar-refractivity contribution in [1.29, 1.82) is 0 Å². The molecule has 0 aliphatic rings. The lowest BCUT2D eigenvalue weighted by Crippen LogP contribution is -2.30. The number of terminal acetylenes is 1. The Morgan fingerprint density at radius 2 is 2.27 bits per heavy atom. The standard InChI is InChI=1S/C12H21NO2/c1-4-6-7-8-9-13-11(3)10-12(14)15-5-2/h1,11,13H,5-10H2,2-3H3. The van der Waals surface area contributed by atoms with E-state index in [-0.39, 0.29) is 12.0 Å². The molecule has 0 aromatic heterocycles. The minimum atomic E-state index is -0.138. The van der Waals surface area contributed by atoms with Gasteiger partial charge in [0.05, 0.1) is 13.0 Å². The first-order chi connectivity index (χ1) is 7.20. The molecule has 1 atom stereocenters. The second kappa shape index (κ2) is 9.54. The second-order valence-electron chi connectivity index (χ2n) is 3.53. The van der Waals surface area contributed by atoms with E-state index in [0.29, 0.717) is 13.0 Å². The van der Waals surface area contributed by atoms with Crippen LogP contribution in [0.15, 0.2) is 0 Å². The molecule has 0 bridgehead atoms. The van der Waals surface area contributed by atoms with E-state index in [1.54, 1.807) is 0 Å². The highest BCUT2D eigenvalue weighted by Gasteiger charge is 2.08. The van der Waals surface area contributed by atoms with E-state index in [2.05, 4.69) is 11.2 Å². The van der Waals surface area contributed by atoms with E-state index >= 15 is 0 Å². The smallest absolute Gasteiger partial charge is 0.307 e. The fraction of sp³-hybridized carbons (Fsp3) is 0.750. The van der Waals surface area contributed by atoms with Gasteiger partial charge in [0.15, 0.2) is 0 Å². The number of rotatable bonds is 8. The molecule has 15 heavy (non-hydrogen) atoms. The molecular weight excluding hydrogens is 190 g/mol. The summed E-state index contributed by atoms with van der Waals surface area (Å²) in [5.74, 6) is 2.47. The molecule has 0 radical (unpaired) electrons. The normalized spacial score (nSPS) is 11.8. The van der Waals surface area contributed by atoms with Crippen LogP contribution < -0.4 is 5.32 Å². The number of ether oxygens (including phenoxy) is 1. The molecule has 3 nitrogen and oxygen atoms in total. The van der Waals surface area contributed by atoms with E-state index in [1.165, 1.54) is 0 Å². The first-order valence-electron chi connectivity index (χ1n) is 5.53. The maximum atomic E-state index is 11.1. The average molecular weight is 211 g/mol. The van der Waals surface area contributed by atoms with Crippen LogP contribution in [0.5, 0.6) is 0 Å². The Morgan fingerprint density at radius 1 is 1.53 bits per heavy atom. The summed E-state index contributed by atoms with van der Waals surface area (Å²) >= 11 is 0. The second-order valence-corrected chi connectivity index (χ2v) is 3.53. The van der Waals surface area contributed by atoms with Crippen LogP contribution in [-0.4, -0.2) is 25.2 Å². The van der Waals surface area contributed by atoms with Crippen LogP contribution in [-0.2, 0) is 9.53 Å². The summed E-state index contributed by atoms with van der Waals surface area (Å²) in [6, 6.07) is 0.176. The first-order valence-corrected chi connectivity index (χ1v) is 5.53. The number of esters is 1. The fourth-order valence-corrected chi connectivity index (χ4v) is 1.24. The fourth-order valence-electron chi connectivity index (χ4n) is 1.24. The van der Waals surface area contributed by atoms with Gasteiger partial charge in [0.2, 0.25) is 0 Å². The van der Waals surface area contributed by atoms with Gasteiger partial charge in [-0.1, -0.05) is 0 Å². The van der Waals surface area contributed by atoms with Gasteiger partial charge in [-0.25, -0.2) is 0 Å². The van der Waals surface area contributed by atoms with Gasteiger partial charge in [0, 0.05) is 12.5 Å². The van der Waals surface area contributed by atoms with Gasteiger partial charge in [-0.3, -0.25) is 4.79 Å². The van der Waals surface area contributed by atoms with Gasteiger partial charge in [-0.05, 0) is 33.2 Å². The van der Waals surface area contributed by atoms with Crippen molar-refractivity contribution in [2.24, 2.45) is 0 Å². The van der Waals surface area contributed by atoms with Crippen molar-refractivity contribution in [1.82, 2.24) is 5.32 Å². The average Bonchev–Trinajstić information content (AvgIpc) is 2.17. The zero-order valence-electron chi connectivity index (χ0n) is 9.71. The van der Waals surface area contributed by atoms with Crippen molar-refractivity contribution in [3.63, 3.8) is 0 Å². The summed E-state index contributed by atoms with van der Waals surface area (Å²) in [6.45, 7) is 5.16. The molecular formula is C12H21NO2. The molecule has 0 heterocycles. The van der Waals surface area contributed by atoms with Crippen molar-refractivity contribution >= 4 is 5.97 Å². The van der Waals surface area contributed by atoms with Crippen LogP contribution in [0.4, 0.5) is 0 Å². The maximum Gasteiger partial charge on any atom is 0.307 e. The SMILES string of the molecule is C#CCCCCNC(C)CC(=O)OCC. The molecule has 0 amide bonds. The van der Waals surface area contributed by atoms with Gasteiger partial charge in [-0.2, -0.15) is 0 Å². The Bertz CT molecular complexity index is 208. The molecule has 0 aliphatic carbocycles. The molecule has 1 unspecified atom stereocenters. The zero-order valence-corrected chi connectivity index (χ0v) is 9.71. The van der Waals surface area contributed by atoms with Crippen molar-refractivity contribution in [3.8, 4) is 12.3 Å². The number of carbonyl (C=O) groups excluding carboxylic acids is 1. The first kappa shape index (κ1) is 14.0. The highest BCUT2D eigenvalue weighted by molar-refractivity contribution is 5.69. The zero-order chi connectivity index (χ0) is 11.5. The van der Waals surface area contributed by atoms with Gasteiger partial charge in [-0.15, -0.1) is 12.3 Å². The highest BCUT2D eigenvalue weighted by Crippen LogP contribution is 1.96. The largest absolute Gasteiger partial charge is 0.466 e. The molecule has 0 saturated heterocycles. The topological polar surface area (TPSA) is 38.3 Å². The Labute approximate surface area is 92.6 Å². The van der Waals surface area contributed by atoms with E-state index in [4.69, 9.17) is 11.2 Å². The summed E-state index contributed by atoms with van der Waals surface area (Å²) in [5, 5.41) is 3.26. The van der Waals surface area contributed by atoms with Gasteiger partial charge < -0.3 is 10.1 Å². The summed E-state index contributed by atoms with van der Waals surface area (Å²) in [7, 11) is 0. The third-order valence-electron chi connectivity index (χ3n) is 2.02. The Hall–Kier alpha value is -1.01. The minimum Gasteiger partial charge on any atom is -0.466 e. The third kappa shape index (κ3) is 9.30. The molecule has 0 aliphatic heterocycles. The predicted octanol–water partition coefficient (Wildman–Crippen LogP) is 1.72. The molecule has 1 N–H and O–H groups in total. The molecule has 0 fully saturated rings. The Morgan fingerprint density at radius 3 is 2.87 bits per heavy atom. The lowest BCUT2D eigenvalue weighted by atomic mass is 10.2. The summed E-state index contributed by atoms with van der Waals surface area (Å²) in [4.78, 5) is 11.1. The molecule has 0 saturated carbocycles. The molecule has 0 aromatic carbocycles. The number of unbranched alkanes of at least 4 members (excludes halogenated alkanes) is 2. The molecule has 86 valence electrons. The number of carbonyl (C=O) groups is 1. The third-order valence-corrected chi connectivity index (χ3v) is 2.02. The van der Waals surface area contributed by atoms with Crippen LogP contribution >= 0.6 is 0 Å². The van der Waals surface area contributed by atoms with Crippen LogP contribution in [0.25, 0.3) is 0 Å². The van der Waals surface area contributed by atoms with E-state index in [0.717, 1.165) is 25.8 Å². The van der Waals surface area contributed by atoms with Crippen LogP contribution in [0.1, 0.15) is 39.5 Å². The van der Waals surface area contributed by atoms with Crippen molar-refractivity contribution < 1.29 is 9.53 Å². The van der Waals surface area contributed by atoms with Gasteiger partial charge in [0.1, 0.15) is 0 Å². The van der Waals surface area contributed by atoms with E-state index in [9.17, 15) is 4.79 Å². The summed E-state index contributed by atoms with van der Waals surface area (Å²) in [5.41, 5.74) is 0. The molecule has 3 heteroatoms. The highest BCUT2D eigenvalue weighted by atomic mass is 16.5. The lowest BCUT2D eigenvalue weighted by molar-refractivity contribution is -0.143. The van der Waals surface area contributed by atoms with Crippen LogP contribution in [0.3, 0.4) is 0 Å². The molecule has 0 aromatic rings. The Balaban J connectivity index is 3.37. The van der Waals surface area contributed by atoms with Crippen molar-refractivity contribution in [2.75, 3.05) is 13.2 Å². The molecule has 0 rings (SSSR count). The number of hydrogen-bond donors (Lipinski definition) is 1. The summed E-state index contributed by atoms with van der Waals surface area (Å²) < 4.78 is 4.85. The van der Waals surface area contributed by atoms with Crippen molar-refractivity contribution in [3.05, 3.63) is 0 Å². The monoisotopic (exact) mass is 211 g/mol. The van der Waals surface area contributed by atoms with Crippen LogP contribution in [0, 0.1) is 12.3 Å². The van der Waals surface area contributed by atoms with Crippen LogP contribution in [0.2, 0.25) is 0 Å². The maximum absolute atomic E-state index is 11.1. The number of nitrogens with one attached hydrogen (secondary N) is 1.